The highest BCUT2D eigenvalue weighted by atomic mass is 79.9. The van der Waals surface area contributed by atoms with Gasteiger partial charge in [0.1, 0.15) is 0 Å². The summed E-state index contributed by atoms with van der Waals surface area (Å²) in [6.07, 6.45) is 0. The molecular weight excluding hydrogens is 262 g/mol. The Morgan fingerprint density at radius 1 is 0.875 bits per heavy atom. The molecule has 1 aliphatic heterocycles. The highest BCUT2D eigenvalue weighted by Crippen LogP contribution is 2.29. The Bertz CT molecular complexity index is 497. The van der Waals surface area contributed by atoms with Gasteiger partial charge in [-0.15, -0.1) is 0 Å². The fourth-order valence-corrected chi connectivity index (χ4v) is 2.58. The summed E-state index contributed by atoms with van der Waals surface area (Å²) in [4.78, 5) is 2.40. The van der Waals surface area contributed by atoms with Gasteiger partial charge < -0.3 is 4.90 Å². The van der Waals surface area contributed by atoms with Crippen LogP contribution in [-0.4, -0.2) is 0 Å². The minimum Gasteiger partial charge on any atom is -0.363 e. The number of fused-ring (bicyclic) bond motifs is 1. The molecule has 2 aromatic rings. The zero-order chi connectivity index (χ0) is 11.0. The average molecular weight is 274 g/mol. The average Bonchev–Trinajstić information content (AvgIpc) is 2.72. The molecule has 0 atom stereocenters. The molecule has 0 unspecified atom stereocenters. The van der Waals surface area contributed by atoms with E-state index in [-0.39, 0.29) is 0 Å². The largest absolute Gasteiger partial charge is 0.363 e. The zero-order valence-electron chi connectivity index (χ0n) is 8.86. The summed E-state index contributed by atoms with van der Waals surface area (Å²) in [5, 5.41) is 0. The van der Waals surface area contributed by atoms with Gasteiger partial charge in [0.05, 0.1) is 0 Å². The summed E-state index contributed by atoms with van der Waals surface area (Å²) < 4.78 is 1.14. The highest BCUT2D eigenvalue weighted by Gasteiger charge is 2.18. The Balaban J connectivity index is 1.91. The van der Waals surface area contributed by atoms with Crippen LogP contribution in [0, 0.1) is 0 Å². The maximum atomic E-state index is 3.52. The number of rotatable bonds is 1. The van der Waals surface area contributed by atoms with E-state index >= 15 is 0 Å². The molecule has 1 aliphatic rings. The van der Waals surface area contributed by atoms with E-state index in [1.54, 1.807) is 0 Å². The monoisotopic (exact) mass is 273 g/mol. The summed E-state index contributed by atoms with van der Waals surface area (Å²) in [5.74, 6) is 0. The molecule has 0 fully saturated rings. The zero-order valence-corrected chi connectivity index (χ0v) is 10.4. The second-order valence-corrected chi connectivity index (χ2v) is 5.02. The lowest BCUT2D eigenvalue weighted by Gasteiger charge is -2.17. The van der Waals surface area contributed by atoms with Crippen LogP contribution in [0.4, 0.5) is 5.69 Å². The van der Waals surface area contributed by atoms with E-state index in [2.05, 4.69) is 69.4 Å². The molecule has 0 aromatic heterocycles. The smallest absolute Gasteiger partial charge is 0.0436 e. The third-order valence-corrected chi connectivity index (χ3v) is 3.51. The van der Waals surface area contributed by atoms with Crippen LogP contribution in [0.5, 0.6) is 0 Å². The fourth-order valence-electron chi connectivity index (χ4n) is 2.19. The van der Waals surface area contributed by atoms with Crippen molar-refractivity contribution < 1.29 is 0 Å². The molecule has 1 heterocycles. The molecule has 2 aromatic carbocycles. The lowest BCUT2D eigenvalue weighted by molar-refractivity contribution is 0.880. The van der Waals surface area contributed by atoms with Crippen molar-refractivity contribution >= 4 is 21.6 Å². The first-order valence-corrected chi connectivity index (χ1v) is 6.19. The number of halogens is 1. The van der Waals surface area contributed by atoms with Crippen molar-refractivity contribution in [2.24, 2.45) is 0 Å². The summed E-state index contributed by atoms with van der Waals surface area (Å²) in [5.41, 5.74) is 4.18. The van der Waals surface area contributed by atoms with Gasteiger partial charge >= 0.3 is 0 Å². The quantitative estimate of drug-likeness (QED) is 0.760. The Labute approximate surface area is 104 Å². The third kappa shape index (κ3) is 1.74. The molecule has 0 spiro atoms. The minimum absolute atomic E-state index is 1.02. The van der Waals surface area contributed by atoms with Crippen molar-refractivity contribution in [2.75, 3.05) is 4.90 Å². The molecule has 0 saturated heterocycles. The van der Waals surface area contributed by atoms with Crippen LogP contribution >= 0.6 is 15.9 Å². The first-order valence-electron chi connectivity index (χ1n) is 5.40. The van der Waals surface area contributed by atoms with E-state index in [0.29, 0.717) is 0 Å². The second-order valence-electron chi connectivity index (χ2n) is 4.10. The van der Waals surface area contributed by atoms with Crippen LogP contribution in [0.2, 0.25) is 0 Å². The van der Waals surface area contributed by atoms with Crippen LogP contribution < -0.4 is 4.90 Å². The summed E-state index contributed by atoms with van der Waals surface area (Å²) >= 11 is 3.52. The van der Waals surface area contributed by atoms with Crippen LogP contribution in [-0.2, 0) is 13.1 Å². The standard InChI is InChI=1S/C14H12BrN/c15-13-6-3-7-14(8-13)16-9-11-4-1-2-5-12(11)10-16/h1-8H,9-10H2. The van der Waals surface area contributed by atoms with Gasteiger partial charge in [-0.25, -0.2) is 0 Å². The predicted molar refractivity (Wildman–Crippen MR) is 70.5 cm³/mol. The second kappa shape index (κ2) is 3.95. The molecule has 1 nitrogen and oxygen atoms in total. The molecule has 0 saturated carbocycles. The molecule has 3 rings (SSSR count). The lowest BCUT2D eigenvalue weighted by atomic mass is 10.1. The van der Waals surface area contributed by atoms with Crippen molar-refractivity contribution in [3.05, 3.63) is 64.1 Å². The van der Waals surface area contributed by atoms with Crippen molar-refractivity contribution in [2.45, 2.75) is 13.1 Å². The number of hydrogen-bond acceptors (Lipinski definition) is 1. The molecule has 0 radical (unpaired) electrons. The number of hydrogen-bond donors (Lipinski definition) is 0. The number of nitrogens with zero attached hydrogens (tertiary/aromatic N) is 1. The molecule has 2 heteroatoms. The molecule has 80 valence electrons. The predicted octanol–water partition coefficient (Wildman–Crippen LogP) is 3.97. The van der Waals surface area contributed by atoms with Gasteiger partial charge in [-0.05, 0) is 29.3 Å². The van der Waals surface area contributed by atoms with Gasteiger partial charge in [0, 0.05) is 23.2 Å². The van der Waals surface area contributed by atoms with Gasteiger partial charge in [0.25, 0.3) is 0 Å². The van der Waals surface area contributed by atoms with Crippen molar-refractivity contribution in [1.82, 2.24) is 0 Å². The van der Waals surface area contributed by atoms with E-state index in [1.165, 1.54) is 16.8 Å². The molecule has 0 N–H and O–H groups in total. The van der Waals surface area contributed by atoms with E-state index in [0.717, 1.165) is 17.6 Å². The molecule has 0 aliphatic carbocycles. The van der Waals surface area contributed by atoms with E-state index < -0.39 is 0 Å². The fraction of sp³-hybridized carbons (Fsp3) is 0.143. The van der Waals surface area contributed by atoms with Crippen LogP contribution in [0.3, 0.4) is 0 Å². The van der Waals surface area contributed by atoms with Crippen LogP contribution in [0.25, 0.3) is 0 Å². The Morgan fingerprint density at radius 2 is 1.56 bits per heavy atom. The summed E-state index contributed by atoms with van der Waals surface area (Å²) in [7, 11) is 0. The SMILES string of the molecule is Brc1cccc(N2Cc3ccccc3C2)c1. The normalized spacial score (nSPS) is 13.9. The Hall–Kier alpha value is -1.28. The Morgan fingerprint density at radius 3 is 2.19 bits per heavy atom. The molecule has 0 bridgehead atoms. The first-order chi connectivity index (χ1) is 7.83. The van der Waals surface area contributed by atoms with Gasteiger partial charge in [-0.3, -0.25) is 0 Å². The minimum atomic E-state index is 1.02. The number of benzene rings is 2. The Kier molecular flexibility index (Phi) is 2.44. The van der Waals surface area contributed by atoms with Gasteiger partial charge in [0.2, 0.25) is 0 Å². The number of anilines is 1. The summed E-state index contributed by atoms with van der Waals surface area (Å²) in [6.45, 7) is 2.04. The van der Waals surface area contributed by atoms with Crippen molar-refractivity contribution in [1.29, 1.82) is 0 Å². The first kappa shape index (κ1) is 9.91. The maximum Gasteiger partial charge on any atom is 0.0436 e. The lowest BCUT2D eigenvalue weighted by Crippen LogP contribution is -2.14. The van der Waals surface area contributed by atoms with E-state index in [1.807, 2.05) is 0 Å². The maximum absolute atomic E-state index is 3.52. The molecule has 0 amide bonds. The summed E-state index contributed by atoms with van der Waals surface area (Å²) in [6, 6.07) is 17.1. The highest BCUT2D eigenvalue weighted by molar-refractivity contribution is 9.10. The van der Waals surface area contributed by atoms with Gasteiger partial charge in [-0.2, -0.15) is 0 Å². The molecular formula is C14H12BrN. The van der Waals surface area contributed by atoms with Crippen LogP contribution in [0.15, 0.2) is 53.0 Å². The van der Waals surface area contributed by atoms with Crippen LogP contribution in [0.1, 0.15) is 11.1 Å². The van der Waals surface area contributed by atoms with Crippen molar-refractivity contribution in [3.63, 3.8) is 0 Å². The van der Waals surface area contributed by atoms with Gasteiger partial charge in [-0.1, -0.05) is 46.3 Å². The van der Waals surface area contributed by atoms with Gasteiger partial charge in [0.15, 0.2) is 0 Å². The van der Waals surface area contributed by atoms with E-state index in [9.17, 15) is 0 Å². The van der Waals surface area contributed by atoms with Crippen molar-refractivity contribution in [3.8, 4) is 0 Å². The topological polar surface area (TPSA) is 3.24 Å². The molecule has 16 heavy (non-hydrogen) atoms. The third-order valence-electron chi connectivity index (χ3n) is 3.01. The van der Waals surface area contributed by atoms with E-state index in [4.69, 9.17) is 0 Å².